The quantitative estimate of drug-likeness (QED) is 0.792. The Morgan fingerprint density at radius 1 is 1.53 bits per heavy atom. The summed E-state index contributed by atoms with van der Waals surface area (Å²) in [4.78, 5) is 13.5. The molecule has 1 N–H and O–H groups in total. The highest BCUT2D eigenvalue weighted by Gasteiger charge is 2.26. The number of hydrogen-bond acceptors (Lipinski definition) is 4. The number of methoxy groups -OCH3 is 1. The molecule has 17 heavy (non-hydrogen) atoms. The topological polar surface area (TPSA) is 49.8 Å². The molecule has 1 atom stereocenters. The van der Waals surface area contributed by atoms with Gasteiger partial charge >= 0.3 is 5.97 Å². The number of carbonyl (C=O) groups excluding carboxylic acids is 1. The van der Waals surface area contributed by atoms with E-state index in [1.807, 2.05) is 18.2 Å². The zero-order valence-corrected chi connectivity index (χ0v) is 10.1. The molecule has 0 amide bonds. The lowest BCUT2D eigenvalue weighted by Gasteiger charge is -2.36. The van der Waals surface area contributed by atoms with Gasteiger partial charge in [-0.3, -0.25) is 0 Å². The Kier molecular flexibility index (Phi) is 3.45. The number of carbonyl (C=O) groups is 1. The predicted molar refractivity (Wildman–Crippen MR) is 63.7 cm³/mol. The molecule has 0 radical (unpaired) electrons. The van der Waals surface area contributed by atoms with Crippen LogP contribution in [0.4, 0.5) is 0 Å². The molecule has 4 heteroatoms. The highest BCUT2D eigenvalue weighted by atomic mass is 16.5. The molecule has 1 unspecified atom stereocenters. The normalized spacial score (nSPS) is 18.5. The second-order valence-electron chi connectivity index (χ2n) is 4.51. The molecule has 0 saturated carbocycles. The molecule has 4 nitrogen and oxygen atoms in total. The highest BCUT2D eigenvalue weighted by Crippen LogP contribution is 2.27. The number of aliphatic hydroxyl groups is 1. The first kappa shape index (κ1) is 12.1. The van der Waals surface area contributed by atoms with E-state index in [1.54, 1.807) is 6.07 Å². The van der Waals surface area contributed by atoms with Gasteiger partial charge in [-0.15, -0.1) is 0 Å². The largest absolute Gasteiger partial charge is 0.467 e. The Hall–Kier alpha value is -1.39. The third-order valence-corrected chi connectivity index (χ3v) is 3.19. The van der Waals surface area contributed by atoms with Crippen molar-refractivity contribution in [1.29, 1.82) is 0 Å². The molecule has 1 aromatic carbocycles. The van der Waals surface area contributed by atoms with Crippen molar-refractivity contribution in [2.24, 2.45) is 0 Å². The second-order valence-corrected chi connectivity index (χ2v) is 4.51. The zero-order valence-electron chi connectivity index (χ0n) is 10.1. The van der Waals surface area contributed by atoms with E-state index in [-0.39, 0.29) is 0 Å². The average molecular weight is 235 g/mol. The Morgan fingerprint density at radius 2 is 2.24 bits per heavy atom. The van der Waals surface area contributed by atoms with Gasteiger partial charge in [0.25, 0.3) is 0 Å². The van der Waals surface area contributed by atoms with Crippen molar-refractivity contribution in [3.8, 4) is 0 Å². The van der Waals surface area contributed by atoms with E-state index in [0.29, 0.717) is 11.5 Å². The summed E-state index contributed by atoms with van der Waals surface area (Å²) in [6.07, 6.45) is -1.18. The van der Waals surface area contributed by atoms with Crippen LogP contribution in [0.3, 0.4) is 0 Å². The molecule has 1 heterocycles. The number of likely N-dealkylation sites (tertiary alicyclic amines) is 1. The highest BCUT2D eigenvalue weighted by molar-refractivity contribution is 5.76. The van der Waals surface area contributed by atoms with Crippen molar-refractivity contribution >= 4 is 5.97 Å². The summed E-state index contributed by atoms with van der Waals surface area (Å²) in [6, 6.07) is 7.53. The first-order valence-electron chi connectivity index (χ1n) is 5.66. The van der Waals surface area contributed by atoms with Crippen LogP contribution in [0.15, 0.2) is 24.3 Å². The molecule has 1 aliphatic rings. The standard InChI is InChI=1S/C13H17NO3/c1-14-7-11(8-14)9-4-3-5-10(6-9)12(15)13(16)17-2/h3-6,11-12,15H,7-8H2,1-2H3. The molecule has 1 saturated heterocycles. The van der Waals surface area contributed by atoms with Gasteiger partial charge in [0, 0.05) is 19.0 Å². The van der Waals surface area contributed by atoms with Gasteiger partial charge in [0.2, 0.25) is 0 Å². The molecule has 2 rings (SSSR count). The average Bonchev–Trinajstić information content (AvgIpc) is 2.33. The number of hydrogen-bond donors (Lipinski definition) is 1. The maximum Gasteiger partial charge on any atom is 0.339 e. The van der Waals surface area contributed by atoms with E-state index in [4.69, 9.17) is 0 Å². The molecular formula is C13H17NO3. The fourth-order valence-electron chi connectivity index (χ4n) is 2.14. The SMILES string of the molecule is COC(=O)C(O)c1cccc(C2CN(C)C2)c1. The number of aliphatic hydroxyl groups excluding tert-OH is 1. The fraction of sp³-hybridized carbons (Fsp3) is 0.462. The van der Waals surface area contributed by atoms with Crippen LogP contribution < -0.4 is 0 Å². The van der Waals surface area contributed by atoms with Crippen molar-refractivity contribution in [2.45, 2.75) is 12.0 Å². The Morgan fingerprint density at radius 3 is 2.82 bits per heavy atom. The lowest BCUT2D eigenvalue weighted by atomic mass is 9.90. The second kappa shape index (κ2) is 4.85. The van der Waals surface area contributed by atoms with Crippen molar-refractivity contribution in [1.82, 2.24) is 4.90 Å². The Balaban J connectivity index is 2.14. The van der Waals surface area contributed by atoms with E-state index < -0.39 is 12.1 Å². The van der Waals surface area contributed by atoms with Gasteiger partial charge in [-0.25, -0.2) is 4.79 Å². The lowest BCUT2D eigenvalue weighted by molar-refractivity contribution is -0.150. The number of ether oxygens (including phenoxy) is 1. The van der Waals surface area contributed by atoms with Gasteiger partial charge in [0.05, 0.1) is 7.11 Å². The maximum absolute atomic E-state index is 11.2. The number of likely N-dealkylation sites (N-methyl/N-ethyl adjacent to an activating group) is 1. The number of nitrogens with zero attached hydrogens (tertiary/aromatic N) is 1. The molecule has 0 aromatic heterocycles. The first-order chi connectivity index (χ1) is 8.11. The van der Waals surface area contributed by atoms with Gasteiger partial charge in [0.1, 0.15) is 0 Å². The molecule has 0 aliphatic carbocycles. The third-order valence-electron chi connectivity index (χ3n) is 3.19. The third kappa shape index (κ3) is 2.48. The van der Waals surface area contributed by atoms with Crippen LogP contribution in [-0.4, -0.2) is 43.2 Å². The summed E-state index contributed by atoms with van der Waals surface area (Å²) in [7, 11) is 3.35. The van der Waals surface area contributed by atoms with Crippen LogP contribution in [0.25, 0.3) is 0 Å². The number of rotatable bonds is 3. The van der Waals surface area contributed by atoms with Crippen molar-refractivity contribution in [3.63, 3.8) is 0 Å². The van der Waals surface area contributed by atoms with Crippen LogP contribution in [0.5, 0.6) is 0 Å². The van der Waals surface area contributed by atoms with Crippen LogP contribution in [-0.2, 0) is 9.53 Å². The molecule has 0 spiro atoms. The Labute approximate surface area is 101 Å². The van der Waals surface area contributed by atoms with Crippen molar-refractivity contribution in [3.05, 3.63) is 35.4 Å². The van der Waals surface area contributed by atoms with E-state index in [2.05, 4.69) is 16.7 Å². The van der Waals surface area contributed by atoms with Gasteiger partial charge in [0.15, 0.2) is 6.10 Å². The van der Waals surface area contributed by atoms with Gasteiger partial charge in [-0.1, -0.05) is 24.3 Å². The smallest absolute Gasteiger partial charge is 0.339 e. The first-order valence-corrected chi connectivity index (χ1v) is 5.66. The predicted octanol–water partition coefficient (Wildman–Crippen LogP) is 0.922. The minimum absolute atomic E-state index is 0.504. The maximum atomic E-state index is 11.2. The Bertz CT molecular complexity index is 413. The molecule has 0 bridgehead atoms. The summed E-state index contributed by atoms with van der Waals surface area (Å²) in [6.45, 7) is 2.05. The molecule has 1 fully saturated rings. The van der Waals surface area contributed by atoms with Crippen LogP contribution in [0.2, 0.25) is 0 Å². The van der Waals surface area contributed by atoms with Crippen LogP contribution in [0, 0.1) is 0 Å². The van der Waals surface area contributed by atoms with Crippen LogP contribution >= 0.6 is 0 Å². The van der Waals surface area contributed by atoms with Crippen LogP contribution in [0.1, 0.15) is 23.1 Å². The summed E-state index contributed by atoms with van der Waals surface area (Å²) in [5.41, 5.74) is 1.77. The van der Waals surface area contributed by atoms with E-state index in [1.165, 1.54) is 12.7 Å². The van der Waals surface area contributed by atoms with Crippen molar-refractivity contribution < 1.29 is 14.6 Å². The van der Waals surface area contributed by atoms with E-state index >= 15 is 0 Å². The van der Waals surface area contributed by atoms with Gasteiger partial charge < -0.3 is 14.7 Å². The molecular weight excluding hydrogens is 218 g/mol. The number of benzene rings is 1. The van der Waals surface area contributed by atoms with Gasteiger partial charge in [-0.2, -0.15) is 0 Å². The summed E-state index contributed by atoms with van der Waals surface area (Å²) in [5.74, 6) is -0.113. The zero-order chi connectivity index (χ0) is 12.4. The monoisotopic (exact) mass is 235 g/mol. The van der Waals surface area contributed by atoms with E-state index in [9.17, 15) is 9.90 Å². The fourth-order valence-corrected chi connectivity index (χ4v) is 2.14. The molecule has 92 valence electrons. The summed E-state index contributed by atoms with van der Waals surface area (Å²) in [5, 5.41) is 9.75. The summed E-state index contributed by atoms with van der Waals surface area (Å²) < 4.78 is 4.53. The minimum atomic E-state index is -1.18. The minimum Gasteiger partial charge on any atom is -0.467 e. The molecule has 1 aliphatic heterocycles. The van der Waals surface area contributed by atoms with Gasteiger partial charge in [-0.05, 0) is 18.2 Å². The molecule has 1 aromatic rings. The number of esters is 1. The lowest BCUT2D eigenvalue weighted by Crippen LogP contribution is -2.41. The van der Waals surface area contributed by atoms with E-state index in [0.717, 1.165) is 13.1 Å². The van der Waals surface area contributed by atoms with Crippen molar-refractivity contribution in [2.75, 3.05) is 27.2 Å². The summed E-state index contributed by atoms with van der Waals surface area (Å²) >= 11 is 0.